The lowest BCUT2D eigenvalue weighted by Gasteiger charge is -2.40. The summed E-state index contributed by atoms with van der Waals surface area (Å²) >= 11 is 0. The van der Waals surface area contributed by atoms with Gasteiger partial charge >= 0.3 is 0 Å². The van der Waals surface area contributed by atoms with Crippen molar-refractivity contribution in [3.8, 4) is 6.07 Å². The molecule has 1 aromatic heterocycles. The molecule has 1 saturated heterocycles. The van der Waals surface area contributed by atoms with Gasteiger partial charge in [0.15, 0.2) is 0 Å². The summed E-state index contributed by atoms with van der Waals surface area (Å²) in [6, 6.07) is 7.82. The number of hydrogen-bond acceptors (Lipinski definition) is 4. The number of nitrogens with one attached hydrogen (secondary N) is 1. The SMILES string of the molecule is C=Cc1ccc2[nH]c(=O)c(C#N)c(N3CCC(C)(OC)CC3)c2c1. The maximum Gasteiger partial charge on any atom is 0.268 e. The number of hydrogen-bond donors (Lipinski definition) is 1. The molecule has 0 saturated carbocycles. The quantitative estimate of drug-likeness (QED) is 0.942. The zero-order valence-electron chi connectivity index (χ0n) is 14.1. The molecule has 24 heavy (non-hydrogen) atoms. The third-order valence-electron chi connectivity index (χ3n) is 4.99. The van der Waals surface area contributed by atoms with Gasteiger partial charge in [-0.3, -0.25) is 4.79 Å². The number of fused-ring (bicyclic) bond motifs is 1. The summed E-state index contributed by atoms with van der Waals surface area (Å²) in [5.74, 6) is 0. The molecular formula is C19H21N3O2. The molecule has 1 aliphatic rings. The number of H-pyrrole nitrogens is 1. The molecule has 0 radical (unpaired) electrons. The minimum Gasteiger partial charge on any atom is -0.378 e. The fourth-order valence-electron chi connectivity index (χ4n) is 3.26. The minimum absolute atomic E-state index is 0.146. The molecular weight excluding hydrogens is 302 g/mol. The second-order valence-electron chi connectivity index (χ2n) is 6.44. The Labute approximate surface area is 141 Å². The third-order valence-corrected chi connectivity index (χ3v) is 4.99. The van der Waals surface area contributed by atoms with Gasteiger partial charge in [-0.05, 0) is 37.5 Å². The molecule has 1 aromatic carbocycles. The van der Waals surface area contributed by atoms with Gasteiger partial charge in [0, 0.05) is 25.6 Å². The van der Waals surface area contributed by atoms with Crippen molar-refractivity contribution in [1.82, 2.24) is 4.98 Å². The van der Waals surface area contributed by atoms with E-state index in [0.717, 1.165) is 48.1 Å². The van der Waals surface area contributed by atoms with Crippen molar-refractivity contribution in [1.29, 1.82) is 5.26 Å². The van der Waals surface area contributed by atoms with Crippen LogP contribution in [0.15, 0.2) is 29.6 Å². The maximum absolute atomic E-state index is 12.3. The zero-order chi connectivity index (χ0) is 17.3. The number of aromatic nitrogens is 1. The Morgan fingerprint density at radius 2 is 2.12 bits per heavy atom. The van der Waals surface area contributed by atoms with Crippen LogP contribution in [-0.4, -0.2) is 30.8 Å². The van der Waals surface area contributed by atoms with Crippen LogP contribution in [0.1, 0.15) is 30.9 Å². The number of nitriles is 1. The number of rotatable bonds is 3. The predicted molar refractivity (Wildman–Crippen MR) is 96.2 cm³/mol. The van der Waals surface area contributed by atoms with E-state index in [2.05, 4.69) is 29.5 Å². The van der Waals surface area contributed by atoms with Crippen molar-refractivity contribution >= 4 is 22.7 Å². The molecule has 124 valence electrons. The largest absolute Gasteiger partial charge is 0.378 e. The molecule has 2 aromatic rings. The molecule has 0 unspecified atom stereocenters. The van der Waals surface area contributed by atoms with Gasteiger partial charge in [0.1, 0.15) is 11.6 Å². The molecule has 1 fully saturated rings. The van der Waals surface area contributed by atoms with E-state index in [4.69, 9.17) is 4.74 Å². The summed E-state index contributed by atoms with van der Waals surface area (Å²) in [6.07, 6.45) is 3.46. The number of anilines is 1. The Balaban J connectivity index is 2.16. The normalized spacial score (nSPS) is 16.8. The number of piperidine rings is 1. The van der Waals surface area contributed by atoms with Gasteiger partial charge in [-0.25, -0.2) is 0 Å². The lowest BCUT2D eigenvalue weighted by Crippen LogP contribution is -2.44. The zero-order valence-corrected chi connectivity index (χ0v) is 14.1. The van der Waals surface area contributed by atoms with Crippen LogP contribution in [0.3, 0.4) is 0 Å². The van der Waals surface area contributed by atoms with Gasteiger partial charge in [0.05, 0.1) is 16.8 Å². The first-order valence-electron chi connectivity index (χ1n) is 8.04. The second kappa shape index (κ2) is 6.14. The first kappa shape index (κ1) is 16.3. The van der Waals surface area contributed by atoms with Crippen molar-refractivity contribution in [2.75, 3.05) is 25.1 Å². The van der Waals surface area contributed by atoms with Gasteiger partial charge in [-0.1, -0.05) is 18.7 Å². The van der Waals surface area contributed by atoms with E-state index >= 15 is 0 Å². The summed E-state index contributed by atoms with van der Waals surface area (Å²) in [5, 5.41) is 10.4. The highest BCUT2D eigenvalue weighted by molar-refractivity contribution is 5.95. The standard InChI is InChI=1S/C19H21N3O2/c1-4-13-5-6-16-14(11-13)17(15(12-20)18(23)21-16)22-9-7-19(2,24-3)8-10-22/h4-6,11H,1,7-10H2,2-3H3,(H,21,23). The molecule has 0 aliphatic carbocycles. The Kier molecular flexibility index (Phi) is 4.16. The first-order valence-corrected chi connectivity index (χ1v) is 8.04. The lowest BCUT2D eigenvalue weighted by atomic mass is 9.92. The van der Waals surface area contributed by atoms with E-state index in [1.54, 1.807) is 13.2 Å². The van der Waals surface area contributed by atoms with Gasteiger partial charge in [-0.15, -0.1) is 0 Å². The third kappa shape index (κ3) is 2.70. The number of nitrogens with zero attached hydrogens (tertiary/aromatic N) is 2. The fraction of sp³-hybridized carbons (Fsp3) is 0.368. The summed E-state index contributed by atoms with van der Waals surface area (Å²) in [4.78, 5) is 17.2. The van der Waals surface area contributed by atoms with Crippen LogP contribution in [0.2, 0.25) is 0 Å². The molecule has 5 heteroatoms. The second-order valence-corrected chi connectivity index (χ2v) is 6.44. The number of pyridine rings is 1. The van der Waals surface area contributed by atoms with Crippen molar-refractivity contribution in [2.45, 2.75) is 25.4 Å². The monoisotopic (exact) mass is 323 g/mol. The topological polar surface area (TPSA) is 69.1 Å². The van der Waals surface area contributed by atoms with Gasteiger partial charge in [-0.2, -0.15) is 5.26 Å². The summed E-state index contributed by atoms with van der Waals surface area (Å²) < 4.78 is 5.59. The van der Waals surface area contributed by atoms with E-state index in [1.807, 2.05) is 18.2 Å². The van der Waals surface area contributed by atoms with E-state index in [-0.39, 0.29) is 16.7 Å². The predicted octanol–water partition coefficient (Wildman–Crippen LogP) is 3.05. The van der Waals surface area contributed by atoms with Gasteiger partial charge < -0.3 is 14.6 Å². The van der Waals surface area contributed by atoms with Gasteiger partial charge in [0.2, 0.25) is 0 Å². The number of aromatic amines is 1. The summed E-state index contributed by atoms with van der Waals surface area (Å²) in [6.45, 7) is 7.39. The highest BCUT2D eigenvalue weighted by Crippen LogP contribution is 2.33. The van der Waals surface area contributed by atoms with Crippen molar-refractivity contribution in [3.05, 3.63) is 46.3 Å². The smallest absolute Gasteiger partial charge is 0.268 e. The van der Waals surface area contributed by atoms with Crippen LogP contribution in [0.25, 0.3) is 17.0 Å². The molecule has 0 spiro atoms. The van der Waals surface area contributed by atoms with Gasteiger partial charge in [0.25, 0.3) is 5.56 Å². The Hall–Kier alpha value is -2.58. The van der Waals surface area contributed by atoms with E-state index in [0.29, 0.717) is 0 Å². The molecule has 3 rings (SSSR count). The molecule has 0 amide bonds. The number of benzene rings is 1. The highest BCUT2D eigenvalue weighted by Gasteiger charge is 2.31. The Morgan fingerprint density at radius 3 is 2.71 bits per heavy atom. The van der Waals surface area contributed by atoms with Crippen molar-refractivity contribution in [2.24, 2.45) is 0 Å². The first-order chi connectivity index (χ1) is 11.5. The van der Waals surface area contributed by atoms with E-state index in [1.165, 1.54) is 0 Å². The molecule has 2 heterocycles. The Bertz CT molecular complexity index is 884. The van der Waals surface area contributed by atoms with Crippen LogP contribution in [0.5, 0.6) is 0 Å². The molecule has 0 atom stereocenters. The van der Waals surface area contributed by atoms with Crippen molar-refractivity contribution < 1.29 is 4.74 Å². The fourth-order valence-corrected chi connectivity index (χ4v) is 3.26. The molecule has 0 bridgehead atoms. The van der Waals surface area contributed by atoms with E-state index in [9.17, 15) is 10.1 Å². The maximum atomic E-state index is 12.3. The summed E-state index contributed by atoms with van der Waals surface area (Å²) in [7, 11) is 1.73. The van der Waals surface area contributed by atoms with Crippen LogP contribution >= 0.6 is 0 Å². The lowest BCUT2D eigenvalue weighted by molar-refractivity contribution is -0.0132. The van der Waals surface area contributed by atoms with Crippen LogP contribution < -0.4 is 10.5 Å². The van der Waals surface area contributed by atoms with Crippen LogP contribution in [-0.2, 0) is 4.74 Å². The van der Waals surface area contributed by atoms with Crippen molar-refractivity contribution in [3.63, 3.8) is 0 Å². The minimum atomic E-state index is -0.341. The highest BCUT2D eigenvalue weighted by atomic mass is 16.5. The van der Waals surface area contributed by atoms with E-state index < -0.39 is 0 Å². The average Bonchev–Trinajstić information content (AvgIpc) is 2.61. The number of ether oxygens (including phenoxy) is 1. The van der Waals surface area contributed by atoms with Crippen LogP contribution in [0.4, 0.5) is 5.69 Å². The average molecular weight is 323 g/mol. The van der Waals surface area contributed by atoms with Crippen LogP contribution in [0, 0.1) is 11.3 Å². The molecule has 5 nitrogen and oxygen atoms in total. The molecule has 1 aliphatic heterocycles. The summed E-state index contributed by atoms with van der Waals surface area (Å²) in [5.41, 5.74) is 2.10. The molecule has 1 N–H and O–H groups in total. The number of methoxy groups -OCH3 is 1. The Morgan fingerprint density at radius 1 is 1.42 bits per heavy atom.